The molecule has 0 amide bonds. The number of benzene rings is 1. The molecule has 0 aliphatic rings. The zero-order valence-electron chi connectivity index (χ0n) is 15.2. The molecule has 1 atom stereocenters. The minimum Gasteiger partial charge on any atom is -0.272 e. The molecule has 1 aromatic heterocycles. The van der Waals surface area contributed by atoms with Crippen molar-refractivity contribution in [2.75, 3.05) is 7.05 Å². The Hall–Kier alpha value is -1.66. The molecule has 6 heteroatoms. The van der Waals surface area contributed by atoms with E-state index >= 15 is 0 Å². The molecule has 0 bridgehead atoms. The lowest BCUT2D eigenvalue weighted by atomic mass is 9.99. The highest BCUT2D eigenvalue weighted by Gasteiger charge is 2.22. The van der Waals surface area contributed by atoms with Gasteiger partial charge in [-0.05, 0) is 43.9 Å². The molecule has 1 heterocycles. The van der Waals surface area contributed by atoms with Gasteiger partial charge in [-0.25, -0.2) is 8.42 Å². The highest BCUT2D eigenvalue weighted by atomic mass is 32.2. The molecule has 0 aliphatic heterocycles. The standard InChI is InChI=1S/C18H27N3O2S/c1-6-14(3)16-8-10-18(11-9-16)24(22,23)20(5)12-17-13-21(7-2)19-15(17)4/h8-11,13-14H,6-7,12H2,1-5H3/t14-/m0/s1. The first-order chi connectivity index (χ1) is 11.3. The van der Waals surface area contributed by atoms with Gasteiger partial charge in [-0.15, -0.1) is 0 Å². The van der Waals surface area contributed by atoms with Crippen LogP contribution < -0.4 is 0 Å². The van der Waals surface area contributed by atoms with E-state index in [1.807, 2.05) is 36.9 Å². The Morgan fingerprint density at radius 2 is 1.83 bits per heavy atom. The summed E-state index contributed by atoms with van der Waals surface area (Å²) >= 11 is 0. The Morgan fingerprint density at radius 3 is 2.33 bits per heavy atom. The zero-order valence-corrected chi connectivity index (χ0v) is 16.0. The molecule has 0 N–H and O–H groups in total. The Labute approximate surface area is 145 Å². The molecule has 2 aromatic rings. The van der Waals surface area contributed by atoms with Crippen molar-refractivity contribution >= 4 is 10.0 Å². The minimum absolute atomic E-state index is 0.321. The third-order valence-electron chi connectivity index (χ3n) is 4.53. The average Bonchev–Trinajstić information content (AvgIpc) is 2.94. The smallest absolute Gasteiger partial charge is 0.243 e. The van der Waals surface area contributed by atoms with Crippen LogP contribution in [0.4, 0.5) is 0 Å². The zero-order chi connectivity index (χ0) is 17.9. The predicted molar refractivity (Wildman–Crippen MR) is 96.4 cm³/mol. The van der Waals surface area contributed by atoms with Crippen molar-refractivity contribution < 1.29 is 8.42 Å². The van der Waals surface area contributed by atoms with Crippen LogP contribution in [-0.2, 0) is 23.1 Å². The fourth-order valence-corrected chi connectivity index (χ4v) is 3.73. The number of aryl methyl sites for hydroxylation is 2. The van der Waals surface area contributed by atoms with Crippen molar-refractivity contribution in [1.29, 1.82) is 0 Å². The van der Waals surface area contributed by atoms with E-state index in [0.29, 0.717) is 17.4 Å². The van der Waals surface area contributed by atoms with Crippen LogP contribution in [0.2, 0.25) is 0 Å². The molecule has 0 saturated carbocycles. The Balaban J connectivity index is 2.20. The first-order valence-electron chi connectivity index (χ1n) is 8.38. The van der Waals surface area contributed by atoms with Gasteiger partial charge in [-0.2, -0.15) is 9.40 Å². The number of nitrogens with zero attached hydrogens (tertiary/aromatic N) is 3. The second-order valence-electron chi connectivity index (χ2n) is 6.23. The topological polar surface area (TPSA) is 55.2 Å². The fraction of sp³-hybridized carbons (Fsp3) is 0.500. The average molecular weight is 350 g/mol. The molecule has 132 valence electrons. The SMILES string of the molecule is CC[C@H](C)c1ccc(S(=O)(=O)N(C)Cc2cn(CC)nc2C)cc1. The van der Waals surface area contributed by atoms with Crippen molar-refractivity contribution in [3.8, 4) is 0 Å². The highest BCUT2D eigenvalue weighted by molar-refractivity contribution is 7.89. The summed E-state index contributed by atoms with van der Waals surface area (Å²) in [7, 11) is -1.89. The summed E-state index contributed by atoms with van der Waals surface area (Å²) < 4.78 is 28.8. The maximum atomic E-state index is 12.8. The molecule has 2 rings (SSSR count). The normalized spacial score (nSPS) is 13.4. The van der Waals surface area contributed by atoms with Gasteiger partial charge >= 0.3 is 0 Å². The number of aromatic nitrogens is 2. The van der Waals surface area contributed by atoms with Gasteiger partial charge in [0, 0.05) is 31.9 Å². The van der Waals surface area contributed by atoms with E-state index < -0.39 is 10.0 Å². The minimum atomic E-state index is -3.50. The first-order valence-corrected chi connectivity index (χ1v) is 9.82. The van der Waals surface area contributed by atoms with Crippen LogP contribution in [-0.4, -0.2) is 29.6 Å². The summed E-state index contributed by atoms with van der Waals surface area (Å²) in [6.45, 7) is 9.28. The van der Waals surface area contributed by atoms with Crippen LogP contribution in [0.5, 0.6) is 0 Å². The lowest BCUT2D eigenvalue weighted by Crippen LogP contribution is -2.26. The van der Waals surface area contributed by atoms with Gasteiger partial charge in [-0.1, -0.05) is 26.0 Å². The molecular weight excluding hydrogens is 322 g/mol. The van der Waals surface area contributed by atoms with Crippen molar-refractivity contribution in [3.63, 3.8) is 0 Å². The molecule has 0 spiro atoms. The van der Waals surface area contributed by atoms with E-state index in [9.17, 15) is 8.42 Å². The van der Waals surface area contributed by atoms with E-state index in [1.165, 1.54) is 9.87 Å². The predicted octanol–water partition coefficient (Wildman–Crippen LogP) is 3.55. The van der Waals surface area contributed by atoms with Crippen molar-refractivity contribution in [1.82, 2.24) is 14.1 Å². The Morgan fingerprint density at radius 1 is 1.21 bits per heavy atom. The van der Waals surface area contributed by atoms with Gasteiger partial charge in [0.15, 0.2) is 0 Å². The molecule has 0 radical (unpaired) electrons. The van der Waals surface area contributed by atoms with Gasteiger partial charge in [0.2, 0.25) is 10.0 Å². The quantitative estimate of drug-likeness (QED) is 0.768. The van der Waals surface area contributed by atoms with E-state index in [4.69, 9.17) is 0 Å². The molecule has 0 saturated heterocycles. The molecular formula is C18H27N3O2S. The highest BCUT2D eigenvalue weighted by Crippen LogP contribution is 2.23. The maximum Gasteiger partial charge on any atom is 0.243 e. The summed E-state index contributed by atoms with van der Waals surface area (Å²) in [5.41, 5.74) is 2.96. The Kier molecular flexibility index (Phi) is 5.83. The van der Waals surface area contributed by atoms with Crippen LogP contribution in [0.15, 0.2) is 35.4 Å². The number of sulfonamides is 1. The molecule has 1 aromatic carbocycles. The van der Waals surface area contributed by atoms with Crippen molar-refractivity contribution in [2.45, 2.75) is 58.0 Å². The van der Waals surface area contributed by atoms with E-state index in [-0.39, 0.29) is 0 Å². The molecule has 24 heavy (non-hydrogen) atoms. The second-order valence-corrected chi connectivity index (χ2v) is 8.28. The van der Waals surface area contributed by atoms with Crippen LogP contribution in [0.1, 0.15) is 49.9 Å². The van der Waals surface area contributed by atoms with Crippen LogP contribution in [0.25, 0.3) is 0 Å². The van der Waals surface area contributed by atoms with Crippen LogP contribution in [0.3, 0.4) is 0 Å². The van der Waals surface area contributed by atoms with E-state index in [2.05, 4.69) is 18.9 Å². The van der Waals surface area contributed by atoms with Gasteiger partial charge < -0.3 is 0 Å². The number of hydrogen-bond donors (Lipinski definition) is 0. The first kappa shape index (κ1) is 18.7. The summed E-state index contributed by atoms with van der Waals surface area (Å²) in [4.78, 5) is 0.331. The van der Waals surface area contributed by atoms with Crippen molar-refractivity contribution in [2.24, 2.45) is 0 Å². The van der Waals surface area contributed by atoms with Gasteiger partial charge in [-0.3, -0.25) is 4.68 Å². The summed E-state index contributed by atoms with van der Waals surface area (Å²) in [6, 6.07) is 7.23. The van der Waals surface area contributed by atoms with Crippen molar-refractivity contribution in [3.05, 3.63) is 47.3 Å². The third kappa shape index (κ3) is 3.87. The third-order valence-corrected chi connectivity index (χ3v) is 6.35. The lowest BCUT2D eigenvalue weighted by Gasteiger charge is -2.17. The molecule has 0 aliphatic carbocycles. The molecule has 0 fully saturated rings. The molecule has 5 nitrogen and oxygen atoms in total. The monoisotopic (exact) mass is 349 g/mol. The van der Waals surface area contributed by atoms with Crippen LogP contribution in [0, 0.1) is 6.92 Å². The van der Waals surface area contributed by atoms with Crippen LogP contribution >= 0.6 is 0 Å². The molecule has 0 unspecified atom stereocenters. The van der Waals surface area contributed by atoms with Gasteiger partial charge in [0.05, 0.1) is 10.6 Å². The number of hydrogen-bond acceptors (Lipinski definition) is 3. The fourth-order valence-electron chi connectivity index (χ4n) is 2.59. The summed E-state index contributed by atoms with van der Waals surface area (Å²) in [6.07, 6.45) is 2.94. The summed E-state index contributed by atoms with van der Waals surface area (Å²) in [5.74, 6) is 0.432. The second kappa shape index (κ2) is 7.49. The largest absolute Gasteiger partial charge is 0.272 e. The maximum absolute atomic E-state index is 12.8. The lowest BCUT2D eigenvalue weighted by molar-refractivity contribution is 0.465. The summed E-state index contributed by atoms with van der Waals surface area (Å²) in [5, 5.41) is 4.37. The van der Waals surface area contributed by atoms with Gasteiger partial charge in [0.25, 0.3) is 0 Å². The van der Waals surface area contributed by atoms with E-state index in [1.54, 1.807) is 19.2 Å². The number of rotatable bonds is 7. The van der Waals surface area contributed by atoms with E-state index in [0.717, 1.165) is 24.2 Å². The Bertz CT molecular complexity index is 779. The van der Waals surface area contributed by atoms with Gasteiger partial charge in [0.1, 0.15) is 0 Å².